The molecule has 0 amide bonds. The lowest BCUT2D eigenvalue weighted by atomic mass is 9.83. The number of hydrogen-bond donors (Lipinski definition) is 0. The zero-order chi connectivity index (χ0) is 18.6. The Labute approximate surface area is 158 Å². The number of rotatable bonds is 5. The predicted molar refractivity (Wildman–Crippen MR) is 104 cm³/mol. The van der Waals surface area contributed by atoms with E-state index >= 15 is 0 Å². The number of Topliss-reactive ketones (excluding diaryl/α,β-unsaturated/α-hetero) is 1. The number of nitrogens with zero attached hydrogens (tertiary/aromatic N) is 1. The molecule has 0 fully saturated rings. The Morgan fingerprint density at radius 3 is 2.15 bits per heavy atom. The highest BCUT2D eigenvalue weighted by atomic mass is 16.6. The first kappa shape index (κ1) is 17.0. The van der Waals surface area contributed by atoms with Gasteiger partial charge in [-0.3, -0.25) is 4.79 Å². The Morgan fingerprint density at radius 2 is 1.52 bits per heavy atom. The molecule has 2 atom stereocenters. The minimum Gasteiger partial charge on any atom is -0.497 e. The van der Waals surface area contributed by atoms with Crippen LogP contribution in [0, 0.1) is 0 Å². The summed E-state index contributed by atoms with van der Waals surface area (Å²) in [5, 5.41) is 4.30. The van der Waals surface area contributed by atoms with Crippen molar-refractivity contribution in [2.45, 2.75) is 12.0 Å². The van der Waals surface area contributed by atoms with Crippen molar-refractivity contribution < 1.29 is 14.4 Å². The van der Waals surface area contributed by atoms with E-state index in [2.05, 4.69) is 5.16 Å². The van der Waals surface area contributed by atoms with E-state index in [1.54, 1.807) is 31.4 Å². The maximum absolute atomic E-state index is 13.2. The van der Waals surface area contributed by atoms with Crippen LogP contribution in [0.5, 0.6) is 5.75 Å². The smallest absolute Gasteiger partial charge is 0.207 e. The average Bonchev–Trinajstić information content (AvgIpc) is 3.19. The molecular weight excluding hydrogens is 338 g/mol. The summed E-state index contributed by atoms with van der Waals surface area (Å²) < 4.78 is 5.17. The van der Waals surface area contributed by atoms with Gasteiger partial charge in [-0.2, -0.15) is 0 Å². The van der Waals surface area contributed by atoms with Crippen LogP contribution in [0.2, 0.25) is 0 Å². The molecule has 134 valence electrons. The number of carbonyl (C=O) groups excluding carboxylic acids is 1. The first-order valence-corrected chi connectivity index (χ1v) is 8.80. The van der Waals surface area contributed by atoms with E-state index < -0.39 is 6.10 Å². The fourth-order valence-corrected chi connectivity index (χ4v) is 3.33. The van der Waals surface area contributed by atoms with Crippen LogP contribution in [0.3, 0.4) is 0 Å². The summed E-state index contributed by atoms with van der Waals surface area (Å²) in [6, 6.07) is 26.8. The fraction of sp³-hybridized carbons (Fsp3) is 0.130. The minimum absolute atomic E-state index is 0.0961. The molecule has 4 rings (SSSR count). The van der Waals surface area contributed by atoms with Gasteiger partial charge >= 0.3 is 0 Å². The van der Waals surface area contributed by atoms with E-state index in [9.17, 15) is 4.79 Å². The van der Waals surface area contributed by atoms with Gasteiger partial charge in [0.15, 0.2) is 0 Å². The van der Waals surface area contributed by atoms with Crippen molar-refractivity contribution in [3.05, 3.63) is 102 Å². The van der Waals surface area contributed by atoms with Crippen molar-refractivity contribution in [1.82, 2.24) is 0 Å². The molecule has 3 aromatic rings. The van der Waals surface area contributed by atoms with E-state index in [1.807, 2.05) is 60.7 Å². The van der Waals surface area contributed by atoms with E-state index in [-0.39, 0.29) is 11.7 Å². The van der Waals surface area contributed by atoms with Crippen LogP contribution in [-0.4, -0.2) is 24.7 Å². The number of ketones is 1. The van der Waals surface area contributed by atoms with Gasteiger partial charge in [0, 0.05) is 11.1 Å². The molecule has 0 bridgehead atoms. The number of methoxy groups -OCH3 is 1. The standard InChI is InChI=1S/C23H19NO3/c1-26-19-14-12-18(13-15-19)22(25)23-20(16-8-4-2-5-9-16)21(24-27-23)17-10-6-3-7-11-17/h2-15,20,23H,1H3/t20-,23-/m0/s1. The monoisotopic (exact) mass is 357 g/mol. The number of oxime groups is 1. The van der Waals surface area contributed by atoms with E-state index in [1.165, 1.54) is 0 Å². The van der Waals surface area contributed by atoms with Crippen LogP contribution in [0.25, 0.3) is 0 Å². The molecule has 4 nitrogen and oxygen atoms in total. The van der Waals surface area contributed by atoms with Gasteiger partial charge in [0.2, 0.25) is 11.9 Å². The third kappa shape index (κ3) is 3.34. The van der Waals surface area contributed by atoms with Crippen molar-refractivity contribution in [2.24, 2.45) is 5.16 Å². The van der Waals surface area contributed by atoms with Crippen LogP contribution in [0.15, 0.2) is 90.1 Å². The lowest BCUT2D eigenvalue weighted by Gasteiger charge is -2.19. The first-order chi connectivity index (χ1) is 13.3. The summed E-state index contributed by atoms with van der Waals surface area (Å²) in [6.45, 7) is 0. The second-order valence-corrected chi connectivity index (χ2v) is 6.35. The highest BCUT2D eigenvalue weighted by Gasteiger charge is 2.41. The molecule has 4 heteroatoms. The Bertz CT molecular complexity index is 950. The maximum Gasteiger partial charge on any atom is 0.207 e. The molecule has 0 spiro atoms. The van der Waals surface area contributed by atoms with E-state index in [0.29, 0.717) is 11.3 Å². The first-order valence-electron chi connectivity index (χ1n) is 8.80. The molecule has 0 radical (unpaired) electrons. The molecule has 0 N–H and O–H groups in total. The normalized spacial score (nSPS) is 18.5. The quantitative estimate of drug-likeness (QED) is 0.633. The van der Waals surface area contributed by atoms with Crippen molar-refractivity contribution in [3.63, 3.8) is 0 Å². The SMILES string of the molecule is COc1ccc(C(=O)[C@H]2ON=C(c3ccccc3)[C@@H]2c2ccccc2)cc1. The fourth-order valence-electron chi connectivity index (χ4n) is 3.33. The summed E-state index contributed by atoms with van der Waals surface area (Å²) in [7, 11) is 1.60. The van der Waals surface area contributed by atoms with Crippen LogP contribution in [0.4, 0.5) is 0 Å². The van der Waals surface area contributed by atoms with Gasteiger partial charge in [0.05, 0.1) is 18.7 Å². The predicted octanol–water partition coefficient (Wildman–Crippen LogP) is 4.46. The lowest BCUT2D eigenvalue weighted by Crippen LogP contribution is -2.30. The molecule has 3 aromatic carbocycles. The van der Waals surface area contributed by atoms with Gasteiger partial charge in [0.1, 0.15) is 5.75 Å². The molecule has 1 aliphatic rings. The van der Waals surface area contributed by atoms with Gasteiger partial charge in [0.25, 0.3) is 0 Å². The van der Waals surface area contributed by atoms with Crippen molar-refractivity contribution in [2.75, 3.05) is 7.11 Å². The topological polar surface area (TPSA) is 47.9 Å². The zero-order valence-electron chi connectivity index (χ0n) is 14.9. The Morgan fingerprint density at radius 1 is 0.889 bits per heavy atom. The average molecular weight is 357 g/mol. The molecule has 1 aliphatic heterocycles. The Hall–Kier alpha value is -3.40. The Kier molecular flexibility index (Phi) is 4.71. The molecule has 1 heterocycles. The lowest BCUT2D eigenvalue weighted by molar-refractivity contribution is 0.0516. The molecule has 0 aromatic heterocycles. The number of benzene rings is 3. The van der Waals surface area contributed by atoms with Gasteiger partial charge in [-0.25, -0.2) is 0 Å². The number of ether oxygens (including phenoxy) is 1. The second-order valence-electron chi connectivity index (χ2n) is 6.35. The van der Waals surface area contributed by atoms with E-state index in [4.69, 9.17) is 9.57 Å². The third-order valence-corrected chi connectivity index (χ3v) is 4.72. The van der Waals surface area contributed by atoms with Gasteiger partial charge < -0.3 is 9.57 Å². The van der Waals surface area contributed by atoms with Crippen LogP contribution in [0.1, 0.15) is 27.4 Å². The van der Waals surface area contributed by atoms with Gasteiger partial charge in [-0.05, 0) is 29.8 Å². The molecular formula is C23H19NO3. The minimum atomic E-state index is -0.698. The summed E-state index contributed by atoms with van der Waals surface area (Å²) >= 11 is 0. The van der Waals surface area contributed by atoms with Crippen LogP contribution in [-0.2, 0) is 4.84 Å². The largest absolute Gasteiger partial charge is 0.497 e. The molecule has 0 unspecified atom stereocenters. The van der Waals surface area contributed by atoms with Gasteiger partial charge in [-0.15, -0.1) is 0 Å². The zero-order valence-corrected chi connectivity index (χ0v) is 14.9. The second kappa shape index (κ2) is 7.46. The maximum atomic E-state index is 13.2. The van der Waals surface area contributed by atoms with Crippen molar-refractivity contribution in [1.29, 1.82) is 0 Å². The Balaban J connectivity index is 1.70. The van der Waals surface area contributed by atoms with E-state index in [0.717, 1.165) is 16.8 Å². The third-order valence-electron chi connectivity index (χ3n) is 4.72. The summed E-state index contributed by atoms with van der Waals surface area (Å²) in [6.07, 6.45) is -0.698. The highest BCUT2D eigenvalue weighted by molar-refractivity contribution is 6.12. The highest BCUT2D eigenvalue weighted by Crippen LogP contribution is 2.34. The van der Waals surface area contributed by atoms with Crippen LogP contribution >= 0.6 is 0 Å². The van der Waals surface area contributed by atoms with Gasteiger partial charge in [-0.1, -0.05) is 65.8 Å². The summed E-state index contributed by atoms with van der Waals surface area (Å²) in [5.41, 5.74) is 3.31. The molecule has 0 aliphatic carbocycles. The van der Waals surface area contributed by atoms with Crippen LogP contribution < -0.4 is 4.74 Å². The molecule has 27 heavy (non-hydrogen) atoms. The number of hydrogen-bond acceptors (Lipinski definition) is 4. The van der Waals surface area contributed by atoms with Crippen molar-refractivity contribution >= 4 is 11.5 Å². The molecule has 0 saturated carbocycles. The number of carbonyl (C=O) groups is 1. The van der Waals surface area contributed by atoms with Crippen molar-refractivity contribution in [3.8, 4) is 5.75 Å². The summed E-state index contributed by atoms with van der Waals surface area (Å²) in [4.78, 5) is 18.8. The molecule has 0 saturated heterocycles. The summed E-state index contributed by atoms with van der Waals surface area (Å²) in [5.74, 6) is 0.351.